The fourth-order valence-corrected chi connectivity index (χ4v) is 1.58. The van der Waals surface area contributed by atoms with Gasteiger partial charge in [-0.25, -0.2) is 0 Å². The summed E-state index contributed by atoms with van der Waals surface area (Å²) in [5.41, 5.74) is 6.88. The minimum atomic E-state index is 0.152. The molecule has 0 amide bonds. The summed E-state index contributed by atoms with van der Waals surface area (Å²) in [6, 6.07) is 10.2. The van der Waals surface area contributed by atoms with Crippen LogP contribution in [0, 0.1) is 0 Å². The van der Waals surface area contributed by atoms with E-state index in [1.54, 1.807) is 7.11 Å². The van der Waals surface area contributed by atoms with Crippen molar-refractivity contribution in [3.63, 3.8) is 0 Å². The van der Waals surface area contributed by atoms with Gasteiger partial charge in [-0.15, -0.1) is 0 Å². The second kappa shape index (κ2) is 9.35. The molecule has 1 atom stereocenters. The second-order valence-corrected chi connectivity index (χ2v) is 4.31. The molecule has 0 saturated carbocycles. The van der Waals surface area contributed by atoms with E-state index < -0.39 is 0 Å². The average Bonchev–Trinajstić information content (AvgIpc) is 2.39. The van der Waals surface area contributed by atoms with E-state index in [2.05, 4.69) is 10.3 Å². The van der Waals surface area contributed by atoms with Crippen LogP contribution in [0.4, 0.5) is 0 Å². The number of ether oxygens (including phenoxy) is 2. The summed E-state index contributed by atoms with van der Waals surface area (Å²) in [4.78, 5) is 4.18. The van der Waals surface area contributed by atoms with Gasteiger partial charge in [0.15, 0.2) is 5.96 Å². The van der Waals surface area contributed by atoms with Gasteiger partial charge in [0.25, 0.3) is 0 Å². The number of hydrogen-bond donors (Lipinski definition) is 2. The molecule has 5 nitrogen and oxygen atoms in total. The Balaban J connectivity index is 2.12. The van der Waals surface area contributed by atoms with E-state index in [1.165, 1.54) is 0 Å². The van der Waals surface area contributed by atoms with E-state index in [4.69, 9.17) is 15.2 Å². The van der Waals surface area contributed by atoms with Gasteiger partial charge in [0.05, 0.1) is 26.4 Å². The fraction of sp³-hybridized carbons (Fsp3) is 0.500. The topological polar surface area (TPSA) is 68.9 Å². The summed E-state index contributed by atoms with van der Waals surface area (Å²) in [5.74, 6) is 0.424. The number of methoxy groups -OCH3 is 1. The van der Waals surface area contributed by atoms with Crippen molar-refractivity contribution in [1.29, 1.82) is 0 Å². The molecule has 0 aliphatic rings. The number of guanidine groups is 1. The predicted octanol–water partition coefficient (Wildman–Crippen LogP) is 1.14. The lowest BCUT2D eigenvalue weighted by Gasteiger charge is -2.13. The first-order chi connectivity index (χ1) is 9.22. The number of rotatable bonds is 8. The van der Waals surface area contributed by atoms with Crippen LogP contribution in [0.3, 0.4) is 0 Å². The van der Waals surface area contributed by atoms with Crippen LogP contribution in [-0.4, -0.2) is 38.9 Å². The van der Waals surface area contributed by atoms with Gasteiger partial charge in [0.2, 0.25) is 0 Å². The molecule has 106 valence electrons. The Morgan fingerprint density at radius 3 is 2.79 bits per heavy atom. The maximum atomic E-state index is 5.73. The first-order valence-corrected chi connectivity index (χ1v) is 6.39. The van der Waals surface area contributed by atoms with Crippen LogP contribution in [0.25, 0.3) is 0 Å². The minimum absolute atomic E-state index is 0.152. The van der Waals surface area contributed by atoms with Gasteiger partial charge < -0.3 is 20.5 Å². The molecule has 0 fully saturated rings. The van der Waals surface area contributed by atoms with Gasteiger partial charge in [-0.2, -0.15) is 0 Å². The quantitative estimate of drug-likeness (QED) is 0.420. The molecule has 0 bridgehead atoms. The molecule has 19 heavy (non-hydrogen) atoms. The maximum Gasteiger partial charge on any atom is 0.188 e. The van der Waals surface area contributed by atoms with Gasteiger partial charge in [0, 0.05) is 13.2 Å². The lowest BCUT2D eigenvalue weighted by atomic mass is 10.2. The van der Waals surface area contributed by atoms with E-state index in [0.717, 1.165) is 5.56 Å². The average molecular weight is 265 g/mol. The molecule has 0 aliphatic carbocycles. The number of nitrogens with one attached hydrogen (secondary N) is 1. The molecule has 0 spiro atoms. The van der Waals surface area contributed by atoms with E-state index in [0.29, 0.717) is 32.3 Å². The van der Waals surface area contributed by atoms with Crippen LogP contribution in [0.2, 0.25) is 0 Å². The Morgan fingerprint density at radius 2 is 2.11 bits per heavy atom. The van der Waals surface area contributed by atoms with Gasteiger partial charge in [-0.05, 0) is 12.5 Å². The Labute approximate surface area is 114 Å². The van der Waals surface area contributed by atoms with E-state index in [1.807, 2.05) is 37.3 Å². The third-order valence-corrected chi connectivity index (χ3v) is 2.44. The number of nitrogens with two attached hydrogens (primary N) is 1. The molecule has 0 radical (unpaired) electrons. The van der Waals surface area contributed by atoms with Crippen LogP contribution in [0.1, 0.15) is 12.5 Å². The van der Waals surface area contributed by atoms with Crippen LogP contribution in [0.5, 0.6) is 0 Å². The first-order valence-electron chi connectivity index (χ1n) is 6.39. The van der Waals surface area contributed by atoms with Gasteiger partial charge in [-0.3, -0.25) is 4.99 Å². The summed E-state index contributed by atoms with van der Waals surface area (Å²) in [6.07, 6.45) is 0. The minimum Gasteiger partial charge on any atom is -0.383 e. The van der Waals surface area contributed by atoms with Crippen LogP contribution in [-0.2, 0) is 16.1 Å². The molecular weight excluding hydrogens is 242 g/mol. The molecule has 1 aromatic carbocycles. The molecule has 0 aromatic heterocycles. The second-order valence-electron chi connectivity index (χ2n) is 4.31. The third-order valence-electron chi connectivity index (χ3n) is 2.44. The normalized spacial score (nSPS) is 13.3. The Hall–Kier alpha value is -1.59. The maximum absolute atomic E-state index is 5.73. The molecule has 3 N–H and O–H groups in total. The van der Waals surface area contributed by atoms with E-state index >= 15 is 0 Å². The van der Waals surface area contributed by atoms with Crippen molar-refractivity contribution < 1.29 is 9.47 Å². The summed E-state index contributed by atoms with van der Waals surface area (Å²) < 4.78 is 10.5. The van der Waals surface area contributed by atoms with Crippen LogP contribution >= 0.6 is 0 Å². The number of nitrogens with zero attached hydrogens (tertiary/aromatic N) is 1. The highest BCUT2D eigenvalue weighted by Crippen LogP contribution is 1.99. The van der Waals surface area contributed by atoms with Crippen molar-refractivity contribution in [1.82, 2.24) is 5.32 Å². The van der Waals surface area contributed by atoms with Crippen molar-refractivity contribution >= 4 is 5.96 Å². The Bertz CT molecular complexity index is 368. The molecule has 1 aromatic rings. The molecule has 1 unspecified atom stereocenters. The van der Waals surface area contributed by atoms with Gasteiger partial charge in [-0.1, -0.05) is 30.3 Å². The third kappa shape index (κ3) is 7.43. The highest BCUT2D eigenvalue weighted by molar-refractivity contribution is 5.78. The monoisotopic (exact) mass is 265 g/mol. The number of aliphatic imine (C=N–C) groups is 1. The zero-order valence-corrected chi connectivity index (χ0v) is 11.6. The summed E-state index contributed by atoms with van der Waals surface area (Å²) in [6.45, 7) is 4.28. The molecule has 0 aliphatic heterocycles. The van der Waals surface area contributed by atoms with Crippen LogP contribution in [0.15, 0.2) is 35.3 Å². The predicted molar refractivity (Wildman–Crippen MR) is 77.1 cm³/mol. The summed E-state index contributed by atoms with van der Waals surface area (Å²) in [7, 11) is 1.66. The summed E-state index contributed by atoms with van der Waals surface area (Å²) in [5, 5.41) is 3.04. The van der Waals surface area contributed by atoms with Gasteiger partial charge >= 0.3 is 0 Å². The zero-order chi connectivity index (χ0) is 13.9. The van der Waals surface area contributed by atoms with Crippen molar-refractivity contribution in [3.05, 3.63) is 35.9 Å². The zero-order valence-electron chi connectivity index (χ0n) is 11.6. The SMILES string of the molecule is COCC(C)NC(N)=NCCOCc1ccccc1. The Kier molecular flexibility index (Phi) is 7.62. The smallest absolute Gasteiger partial charge is 0.188 e. The number of hydrogen-bond acceptors (Lipinski definition) is 3. The molecule has 0 heterocycles. The van der Waals surface area contributed by atoms with Crippen LogP contribution < -0.4 is 11.1 Å². The van der Waals surface area contributed by atoms with E-state index in [9.17, 15) is 0 Å². The molecule has 5 heteroatoms. The fourth-order valence-electron chi connectivity index (χ4n) is 1.58. The standard InChI is InChI=1S/C14H23N3O2/c1-12(10-18-2)17-14(15)16-8-9-19-11-13-6-4-3-5-7-13/h3-7,12H,8-11H2,1-2H3,(H3,15,16,17). The van der Waals surface area contributed by atoms with Gasteiger partial charge in [0.1, 0.15) is 0 Å². The lowest BCUT2D eigenvalue weighted by Crippen LogP contribution is -2.40. The highest BCUT2D eigenvalue weighted by Gasteiger charge is 2.00. The highest BCUT2D eigenvalue weighted by atomic mass is 16.5. The summed E-state index contributed by atoms with van der Waals surface area (Å²) >= 11 is 0. The Morgan fingerprint density at radius 1 is 1.37 bits per heavy atom. The molecular formula is C14H23N3O2. The van der Waals surface area contributed by atoms with Crippen molar-refractivity contribution in [2.45, 2.75) is 19.6 Å². The molecule has 0 saturated heterocycles. The van der Waals surface area contributed by atoms with E-state index in [-0.39, 0.29) is 6.04 Å². The largest absolute Gasteiger partial charge is 0.383 e. The number of benzene rings is 1. The molecule has 1 rings (SSSR count). The van der Waals surface area contributed by atoms with Crippen molar-refractivity contribution in [2.24, 2.45) is 10.7 Å². The lowest BCUT2D eigenvalue weighted by molar-refractivity contribution is 0.128. The van der Waals surface area contributed by atoms with Crippen molar-refractivity contribution in [2.75, 3.05) is 26.9 Å². The first kappa shape index (κ1) is 15.5. The van der Waals surface area contributed by atoms with Crippen molar-refractivity contribution in [3.8, 4) is 0 Å².